The number of unbranched alkanes of at least 4 members (excludes halogenated alkanes) is 1. The van der Waals surface area contributed by atoms with E-state index in [4.69, 9.17) is 4.74 Å². The monoisotopic (exact) mass is 366 g/mol. The van der Waals surface area contributed by atoms with Gasteiger partial charge in [0.15, 0.2) is 5.78 Å². The lowest BCUT2D eigenvalue weighted by atomic mass is 9.73. The van der Waals surface area contributed by atoms with Crippen molar-refractivity contribution in [2.24, 2.45) is 5.41 Å². The van der Waals surface area contributed by atoms with Crippen LogP contribution in [0.3, 0.4) is 0 Å². The van der Waals surface area contributed by atoms with Crippen LogP contribution in [0.1, 0.15) is 58.1 Å². The number of fused-ring (bicyclic) bond motifs is 1. The molecule has 0 saturated carbocycles. The van der Waals surface area contributed by atoms with E-state index in [0.29, 0.717) is 19.0 Å². The maximum absolute atomic E-state index is 13.1. The second kappa shape index (κ2) is 6.83. The van der Waals surface area contributed by atoms with Gasteiger partial charge in [0.25, 0.3) is 0 Å². The van der Waals surface area contributed by atoms with Crippen LogP contribution in [0.25, 0.3) is 0 Å². The Hall–Kier alpha value is -2.63. The Labute approximate surface area is 159 Å². The highest BCUT2D eigenvalue weighted by Gasteiger charge is 2.42. The Morgan fingerprint density at radius 2 is 2.11 bits per heavy atom. The highest BCUT2D eigenvalue weighted by molar-refractivity contribution is 6.00. The van der Waals surface area contributed by atoms with E-state index in [-0.39, 0.29) is 17.2 Å². The van der Waals surface area contributed by atoms with Crippen molar-refractivity contribution < 1.29 is 9.53 Å². The quantitative estimate of drug-likeness (QED) is 0.806. The minimum Gasteiger partial charge on any atom is -0.493 e. The van der Waals surface area contributed by atoms with Crippen LogP contribution >= 0.6 is 0 Å². The number of anilines is 1. The van der Waals surface area contributed by atoms with E-state index in [1.807, 2.05) is 24.3 Å². The summed E-state index contributed by atoms with van der Waals surface area (Å²) in [5.41, 5.74) is 2.65. The fourth-order valence-electron chi connectivity index (χ4n) is 4.00. The average Bonchev–Trinajstić information content (AvgIpc) is 3.08. The molecule has 0 fully saturated rings. The number of benzene rings is 1. The first-order chi connectivity index (χ1) is 13.0. The van der Waals surface area contributed by atoms with Gasteiger partial charge in [-0.25, -0.2) is 4.68 Å². The van der Waals surface area contributed by atoms with Crippen molar-refractivity contribution in [3.63, 3.8) is 0 Å². The van der Waals surface area contributed by atoms with Crippen LogP contribution in [0.15, 0.2) is 41.9 Å². The summed E-state index contributed by atoms with van der Waals surface area (Å²) in [6.45, 7) is 7.07. The predicted molar refractivity (Wildman–Crippen MR) is 104 cm³/mol. The molecule has 0 amide bonds. The zero-order valence-corrected chi connectivity index (χ0v) is 16.2. The lowest BCUT2D eigenvalue weighted by molar-refractivity contribution is -0.118. The molecule has 2 aliphatic rings. The number of hydrogen-bond donors (Lipinski definition) is 1. The molecule has 6 heteroatoms. The molecule has 2 heterocycles. The Kier molecular flexibility index (Phi) is 4.50. The van der Waals surface area contributed by atoms with Crippen molar-refractivity contribution in [1.29, 1.82) is 0 Å². The third kappa shape index (κ3) is 3.24. The molecule has 1 aromatic carbocycles. The Balaban J connectivity index is 1.82. The van der Waals surface area contributed by atoms with Gasteiger partial charge in [-0.1, -0.05) is 45.4 Å². The number of aromatic nitrogens is 3. The largest absolute Gasteiger partial charge is 0.493 e. The number of nitrogens with one attached hydrogen (secondary N) is 1. The van der Waals surface area contributed by atoms with Crippen LogP contribution in [0, 0.1) is 5.41 Å². The van der Waals surface area contributed by atoms with Crippen LogP contribution in [0.4, 0.5) is 5.95 Å². The summed E-state index contributed by atoms with van der Waals surface area (Å²) < 4.78 is 7.87. The van der Waals surface area contributed by atoms with E-state index in [2.05, 4.69) is 36.2 Å². The third-order valence-electron chi connectivity index (χ3n) is 5.24. The second-order valence-corrected chi connectivity index (χ2v) is 8.13. The number of ether oxygens (including phenoxy) is 1. The number of allylic oxidation sites excluding steroid dienone is 2. The van der Waals surface area contributed by atoms with Gasteiger partial charge in [0, 0.05) is 23.3 Å². The van der Waals surface area contributed by atoms with E-state index in [1.165, 1.54) is 6.33 Å². The predicted octanol–water partition coefficient (Wildman–Crippen LogP) is 4.12. The van der Waals surface area contributed by atoms with Crippen LogP contribution in [-0.2, 0) is 4.79 Å². The highest BCUT2D eigenvalue weighted by Crippen LogP contribution is 2.46. The number of nitrogens with zero attached hydrogens (tertiary/aromatic N) is 3. The first-order valence-corrected chi connectivity index (χ1v) is 9.64. The van der Waals surface area contributed by atoms with Gasteiger partial charge in [-0.2, -0.15) is 10.1 Å². The number of ketones is 1. The lowest BCUT2D eigenvalue weighted by Crippen LogP contribution is -2.36. The van der Waals surface area contributed by atoms with Crippen molar-refractivity contribution in [3.05, 3.63) is 47.4 Å². The standard InChI is InChI=1S/C21H26N4O2/c1-4-5-10-27-17-9-7-6-8-14(17)19-18-15(11-21(2,3)12-16(18)26)24-20-22-13-23-25(19)20/h6-9,13,19H,4-5,10-12H2,1-3H3,(H,22,23,24). The zero-order chi connectivity index (χ0) is 19.0. The number of rotatable bonds is 5. The van der Waals surface area contributed by atoms with Crippen LogP contribution < -0.4 is 10.1 Å². The zero-order valence-electron chi connectivity index (χ0n) is 16.2. The fraction of sp³-hybridized carbons (Fsp3) is 0.476. The van der Waals surface area contributed by atoms with Crippen LogP contribution in [0.2, 0.25) is 0 Å². The Morgan fingerprint density at radius 1 is 1.30 bits per heavy atom. The molecular weight excluding hydrogens is 340 g/mol. The Bertz CT molecular complexity index is 897. The van der Waals surface area contributed by atoms with Gasteiger partial charge in [0.2, 0.25) is 5.95 Å². The molecule has 0 radical (unpaired) electrons. The summed E-state index contributed by atoms with van der Waals surface area (Å²) in [7, 11) is 0. The topological polar surface area (TPSA) is 69.0 Å². The van der Waals surface area contributed by atoms with Crippen molar-refractivity contribution >= 4 is 11.7 Å². The van der Waals surface area contributed by atoms with E-state index in [1.54, 1.807) is 4.68 Å². The lowest BCUT2D eigenvalue weighted by Gasteiger charge is -2.38. The van der Waals surface area contributed by atoms with E-state index in [9.17, 15) is 4.79 Å². The SMILES string of the molecule is CCCCOc1ccccc1C1C2=C(CC(C)(C)CC2=O)Nc2ncnn21. The normalized spacial score (nSPS) is 20.7. The van der Waals surface area contributed by atoms with Crippen LogP contribution in [-0.4, -0.2) is 27.2 Å². The number of hydrogen-bond acceptors (Lipinski definition) is 5. The van der Waals surface area contributed by atoms with Gasteiger partial charge in [0.1, 0.15) is 18.1 Å². The van der Waals surface area contributed by atoms with Gasteiger partial charge in [-0.3, -0.25) is 4.79 Å². The van der Waals surface area contributed by atoms with E-state index in [0.717, 1.165) is 41.8 Å². The molecule has 1 aliphatic heterocycles. The van der Waals surface area contributed by atoms with Gasteiger partial charge in [-0.05, 0) is 24.3 Å². The van der Waals surface area contributed by atoms with E-state index >= 15 is 0 Å². The minimum atomic E-state index is -0.305. The minimum absolute atomic E-state index is 0.0627. The van der Waals surface area contributed by atoms with Crippen molar-refractivity contribution in [2.45, 2.75) is 52.5 Å². The number of Topliss-reactive ketones (excluding diaryl/α,β-unsaturated/α-hetero) is 1. The summed E-state index contributed by atoms with van der Waals surface area (Å²) in [5, 5.41) is 7.76. The molecule has 0 saturated heterocycles. The summed E-state index contributed by atoms with van der Waals surface area (Å²) in [5.74, 6) is 1.65. The Morgan fingerprint density at radius 3 is 2.93 bits per heavy atom. The summed E-state index contributed by atoms with van der Waals surface area (Å²) in [4.78, 5) is 17.5. The molecule has 6 nitrogen and oxygen atoms in total. The first-order valence-electron chi connectivity index (χ1n) is 9.64. The molecule has 2 aromatic rings. The number of carbonyl (C=O) groups excluding carboxylic acids is 1. The summed E-state index contributed by atoms with van der Waals surface area (Å²) >= 11 is 0. The molecule has 1 N–H and O–H groups in total. The number of carbonyl (C=O) groups is 1. The van der Waals surface area contributed by atoms with Gasteiger partial charge in [-0.15, -0.1) is 0 Å². The van der Waals surface area contributed by atoms with Crippen molar-refractivity contribution in [2.75, 3.05) is 11.9 Å². The van der Waals surface area contributed by atoms with Gasteiger partial charge in [0.05, 0.1) is 6.61 Å². The van der Waals surface area contributed by atoms with Gasteiger partial charge >= 0.3 is 0 Å². The number of para-hydroxylation sites is 1. The smallest absolute Gasteiger partial charge is 0.226 e. The molecule has 4 rings (SSSR count). The summed E-state index contributed by atoms with van der Waals surface area (Å²) in [6, 6.07) is 7.65. The maximum atomic E-state index is 13.1. The molecular formula is C21H26N4O2. The molecule has 1 aliphatic carbocycles. The maximum Gasteiger partial charge on any atom is 0.226 e. The fourth-order valence-corrected chi connectivity index (χ4v) is 4.00. The van der Waals surface area contributed by atoms with E-state index < -0.39 is 0 Å². The molecule has 0 spiro atoms. The van der Waals surface area contributed by atoms with Crippen LogP contribution in [0.5, 0.6) is 5.75 Å². The molecule has 27 heavy (non-hydrogen) atoms. The summed E-state index contributed by atoms with van der Waals surface area (Å²) in [6.07, 6.45) is 4.95. The van der Waals surface area contributed by atoms with Gasteiger partial charge < -0.3 is 10.1 Å². The second-order valence-electron chi connectivity index (χ2n) is 8.13. The third-order valence-corrected chi connectivity index (χ3v) is 5.24. The molecule has 1 unspecified atom stereocenters. The first kappa shape index (κ1) is 17.8. The van der Waals surface area contributed by atoms with Crippen molar-refractivity contribution in [1.82, 2.24) is 14.8 Å². The molecule has 1 atom stereocenters. The van der Waals surface area contributed by atoms with Crippen molar-refractivity contribution in [3.8, 4) is 5.75 Å². The average molecular weight is 366 g/mol. The highest BCUT2D eigenvalue weighted by atomic mass is 16.5. The molecule has 1 aromatic heterocycles. The molecule has 0 bridgehead atoms. The molecule has 142 valence electrons.